The first-order valence-corrected chi connectivity index (χ1v) is 11.9. The van der Waals surface area contributed by atoms with Crippen molar-refractivity contribution >= 4 is 11.9 Å². The molecule has 0 unspecified atom stereocenters. The Morgan fingerprint density at radius 2 is 1.76 bits per heavy atom. The van der Waals surface area contributed by atoms with E-state index in [2.05, 4.69) is 4.90 Å². The van der Waals surface area contributed by atoms with E-state index < -0.39 is 5.54 Å². The number of urea groups is 1. The molecular weight excluding hydrogens is 434 g/mol. The van der Waals surface area contributed by atoms with Crippen molar-refractivity contribution in [3.8, 4) is 17.2 Å². The number of para-hydroxylation sites is 1. The molecule has 2 fully saturated rings. The van der Waals surface area contributed by atoms with Gasteiger partial charge in [-0.15, -0.1) is 0 Å². The van der Waals surface area contributed by atoms with Crippen LogP contribution in [-0.4, -0.2) is 77.2 Å². The number of phenols is 1. The van der Waals surface area contributed by atoms with Crippen LogP contribution in [0.4, 0.5) is 4.79 Å². The van der Waals surface area contributed by atoms with E-state index in [9.17, 15) is 14.7 Å². The van der Waals surface area contributed by atoms with Crippen molar-refractivity contribution in [2.75, 3.05) is 39.9 Å². The Kier molecular flexibility index (Phi) is 7.26. The van der Waals surface area contributed by atoms with Crippen LogP contribution in [0, 0.1) is 0 Å². The largest absolute Gasteiger partial charge is 0.508 e. The van der Waals surface area contributed by atoms with Gasteiger partial charge in [-0.25, -0.2) is 4.79 Å². The molecule has 0 saturated carbocycles. The second-order valence-electron chi connectivity index (χ2n) is 8.85. The van der Waals surface area contributed by atoms with Crippen LogP contribution in [0.25, 0.3) is 0 Å². The zero-order valence-electron chi connectivity index (χ0n) is 19.9. The molecule has 3 amide bonds. The first kappa shape index (κ1) is 23.9. The fraction of sp³-hybridized carbons (Fsp3) is 0.462. The van der Waals surface area contributed by atoms with Gasteiger partial charge in [-0.2, -0.15) is 0 Å². The number of carbonyl (C=O) groups is 2. The third-order valence-electron chi connectivity index (χ3n) is 6.75. The van der Waals surface area contributed by atoms with Crippen molar-refractivity contribution < 1.29 is 24.2 Å². The lowest BCUT2D eigenvalue weighted by molar-refractivity contribution is -0.135. The highest BCUT2D eigenvalue weighted by molar-refractivity contribution is 6.07. The van der Waals surface area contributed by atoms with Crippen molar-refractivity contribution in [3.05, 3.63) is 54.1 Å². The van der Waals surface area contributed by atoms with Crippen molar-refractivity contribution in [2.24, 2.45) is 0 Å². The van der Waals surface area contributed by atoms with Crippen LogP contribution < -0.4 is 9.47 Å². The Hall–Kier alpha value is -3.26. The molecule has 182 valence electrons. The van der Waals surface area contributed by atoms with Gasteiger partial charge in [0.25, 0.3) is 5.91 Å². The van der Waals surface area contributed by atoms with Crippen LogP contribution in [-0.2, 0) is 11.3 Å². The van der Waals surface area contributed by atoms with Gasteiger partial charge in [0.15, 0.2) is 0 Å². The van der Waals surface area contributed by atoms with Gasteiger partial charge in [0, 0.05) is 38.8 Å². The van der Waals surface area contributed by atoms with Crippen LogP contribution >= 0.6 is 0 Å². The quantitative estimate of drug-likeness (QED) is 0.449. The van der Waals surface area contributed by atoms with Gasteiger partial charge in [-0.1, -0.05) is 18.2 Å². The number of piperidine rings is 1. The SMILES string of the molecule is CCN1C(=O)N(CCCOc2ccccc2)C(=O)C12CCN(Cc1cc(O)cc(OC)c1)CC2. The normalized spacial score (nSPS) is 18.1. The topological polar surface area (TPSA) is 82.6 Å². The van der Waals surface area contributed by atoms with Crippen molar-refractivity contribution in [3.63, 3.8) is 0 Å². The van der Waals surface area contributed by atoms with E-state index in [0.29, 0.717) is 64.3 Å². The molecule has 1 spiro atoms. The second-order valence-corrected chi connectivity index (χ2v) is 8.85. The molecule has 4 rings (SSSR count). The summed E-state index contributed by atoms with van der Waals surface area (Å²) in [6.45, 7) is 5.27. The van der Waals surface area contributed by atoms with E-state index in [4.69, 9.17) is 9.47 Å². The predicted octanol–water partition coefficient (Wildman–Crippen LogP) is 3.49. The van der Waals surface area contributed by atoms with Gasteiger partial charge >= 0.3 is 6.03 Å². The molecule has 34 heavy (non-hydrogen) atoms. The number of phenolic OH excluding ortho intramolecular Hbond substituents is 1. The maximum absolute atomic E-state index is 13.5. The molecule has 2 aliphatic heterocycles. The number of aromatic hydroxyl groups is 1. The summed E-state index contributed by atoms with van der Waals surface area (Å²) in [5.41, 5.74) is 0.188. The summed E-state index contributed by atoms with van der Waals surface area (Å²) in [4.78, 5) is 32.0. The summed E-state index contributed by atoms with van der Waals surface area (Å²) in [5, 5.41) is 9.93. The van der Waals surface area contributed by atoms with Gasteiger partial charge in [-0.3, -0.25) is 14.6 Å². The summed E-state index contributed by atoms with van der Waals surface area (Å²) in [6, 6.07) is 14.6. The van der Waals surface area contributed by atoms with E-state index in [1.807, 2.05) is 43.3 Å². The van der Waals surface area contributed by atoms with Crippen LogP contribution in [0.5, 0.6) is 17.2 Å². The number of methoxy groups -OCH3 is 1. The number of amides is 3. The van der Waals surface area contributed by atoms with E-state index in [1.165, 1.54) is 4.90 Å². The summed E-state index contributed by atoms with van der Waals surface area (Å²) in [6.07, 6.45) is 1.78. The lowest BCUT2D eigenvalue weighted by Crippen LogP contribution is -2.56. The standard InChI is InChI=1S/C26H33N3O5/c1-3-29-25(32)28(12-7-15-34-22-8-5-4-6-9-22)24(31)26(29)10-13-27(14-11-26)19-20-16-21(30)18-23(17-20)33-2/h4-6,8-9,16-18,30H,3,7,10-15,19H2,1-2H3. The van der Waals surface area contributed by atoms with Crippen molar-refractivity contribution in [1.29, 1.82) is 0 Å². The molecular formula is C26H33N3O5. The number of nitrogens with zero attached hydrogens (tertiary/aromatic N) is 3. The van der Waals surface area contributed by atoms with Gasteiger partial charge in [-0.05, 0) is 56.0 Å². The Morgan fingerprint density at radius 1 is 1.03 bits per heavy atom. The van der Waals surface area contributed by atoms with E-state index >= 15 is 0 Å². The molecule has 0 bridgehead atoms. The molecule has 0 atom stereocenters. The zero-order chi connectivity index (χ0) is 24.1. The minimum atomic E-state index is -0.765. The van der Waals surface area contributed by atoms with Crippen molar-refractivity contribution in [2.45, 2.75) is 38.3 Å². The van der Waals surface area contributed by atoms with Crippen LogP contribution in [0.2, 0.25) is 0 Å². The first-order valence-electron chi connectivity index (χ1n) is 11.9. The minimum absolute atomic E-state index is 0.0854. The van der Waals surface area contributed by atoms with E-state index in [0.717, 1.165) is 11.3 Å². The average molecular weight is 468 g/mol. The Labute approximate surface area is 200 Å². The first-order chi connectivity index (χ1) is 16.5. The third kappa shape index (κ3) is 4.82. The lowest BCUT2D eigenvalue weighted by Gasteiger charge is -2.42. The summed E-state index contributed by atoms with van der Waals surface area (Å²) < 4.78 is 11.0. The van der Waals surface area contributed by atoms with Gasteiger partial charge in [0.05, 0.1) is 13.7 Å². The number of carbonyl (C=O) groups excluding carboxylic acids is 2. The van der Waals surface area contributed by atoms with Gasteiger partial charge in [0.1, 0.15) is 22.8 Å². The monoisotopic (exact) mass is 467 g/mol. The fourth-order valence-electron chi connectivity index (χ4n) is 5.02. The minimum Gasteiger partial charge on any atom is -0.508 e. The Morgan fingerprint density at radius 3 is 2.44 bits per heavy atom. The molecule has 8 heteroatoms. The summed E-state index contributed by atoms with van der Waals surface area (Å²) >= 11 is 0. The molecule has 0 radical (unpaired) electrons. The molecule has 0 aromatic heterocycles. The number of rotatable bonds is 9. The summed E-state index contributed by atoms with van der Waals surface area (Å²) in [7, 11) is 1.57. The highest BCUT2D eigenvalue weighted by Gasteiger charge is 2.57. The highest BCUT2D eigenvalue weighted by atomic mass is 16.5. The van der Waals surface area contributed by atoms with Crippen LogP contribution in [0.3, 0.4) is 0 Å². The smallest absolute Gasteiger partial charge is 0.327 e. The Bertz CT molecular complexity index is 1000. The highest BCUT2D eigenvalue weighted by Crippen LogP contribution is 2.37. The second kappa shape index (κ2) is 10.3. The van der Waals surface area contributed by atoms with E-state index in [1.54, 1.807) is 24.1 Å². The predicted molar refractivity (Wildman–Crippen MR) is 128 cm³/mol. The van der Waals surface area contributed by atoms with Gasteiger partial charge in [0.2, 0.25) is 0 Å². The van der Waals surface area contributed by atoms with Crippen LogP contribution in [0.15, 0.2) is 48.5 Å². The van der Waals surface area contributed by atoms with Gasteiger partial charge < -0.3 is 19.5 Å². The number of ether oxygens (including phenoxy) is 2. The van der Waals surface area contributed by atoms with Crippen molar-refractivity contribution in [1.82, 2.24) is 14.7 Å². The number of likely N-dealkylation sites (tertiary alicyclic amines) is 1. The number of hydrogen-bond donors (Lipinski definition) is 1. The number of benzene rings is 2. The average Bonchev–Trinajstić information content (AvgIpc) is 3.03. The summed E-state index contributed by atoms with van der Waals surface area (Å²) in [5.74, 6) is 1.48. The number of likely N-dealkylation sites (N-methyl/N-ethyl adjacent to an activating group) is 1. The molecule has 2 aliphatic rings. The molecule has 2 aromatic rings. The maximum Gasteiger partial charge on any atom is 0.327 e. The molecule has 0 aliphatic carbocycles. The lowest BCUT2D eigenvalue weighted by atomic mass is 9.85. The molecule has 1 N–H and O–H groups in total. The maximum atomic E-state index is 13.5. The fourth-order valence-corrected chi connectivity index (χ4v) is 5.02. The number of hydrogen-bond acceptors (Lipinski definition) is 6. The number of imide groups is 1. The zero-order valence-corrected chi connectivity index (χ0v) is 19.9. The third-order valence-corrected chi connectivity index (χ3v) is 6.75. The molecule has 2 saturated heterocycles. The molecule has 8 nitrogen and oxygen atoms in total. The molecule has 2 aromatic carbocycles. The Balaban J connectivity index is 1.36. The van der Waals surface area contributed by atoms with E-state index in [-0.39, 0.29) is 17.7 Å². The molecule has 2 heterocycles. The van der Waals surface area contributed by atoms with Crippen LogP contribution in [0.1, 0.15) is 31.7 Å².